The molecule has 19 heavy (non-hydrogen) atoms. The summed E-state index contributed by atoms with van der Waals surface area (Å²) >= 11 is 0. The summed E-state index contributed by atoms with van der Waals surface area (Å²) in [6, 6.07) is 8.20. The number of nitriles is 1. The average molecular weight is 257 g/mol. The summed E-state index contributed by atoms with van der Waals surface area (Å²) in [5.74, 6) is 0. The van der Waals surface area contributed by atoms with Crippen molar-refractivity contribution in [1.29, 1.82) is 5.26 Å². The number of rotatable bonds is 2. The molecule has 1 aliphatic heterocycles. The zero-order valence-corrected chi connectivity index (χ0v) is 12.3. The predicted molar refractivity (Wildman–Crippen MR) is 76.2 cm³/mol. The Morgan fingerprint density at radius 1 is 1.16 bits per heavy atom. The van der Waals surface area contributed by atoms with Crippen molar-refractivity contribution < 1.29 is 9.31 Å². The molecule has 0 bridgehead atoms. The van der Waals surface area contributed by atoms with Gasteiger partial charge in [-0.15, -0.1) is 0 Å². The third-order valence-electron chi connectivity index (χ3n) is 4.16. The lowest BCUT2D eigenvalue weighted by Gasteiger charge is -2.32. The van der Waals surface area contributed by atoms with Crippen LogP contribution in [0.15, 0.2) is 18.2 Å². The Morgan fingerprint density at radius 3 is 2.21 bits per heavy atom. The van der Waals surface area contributed by atoms with Crippen LogP contribution < -0.4 is 5.46 Å². The Bertz CT molecular complexity index is 515. The van der Waals surface area contributed by atoms with Crippen molar-refractivity contribution in [2.75, 3.05) is 0 Å². The first kappa shape index (κ1) is 14.1. The highest BCUT2D eigenvalue weighted by molar-refractivity contribution is 6.62. The first-order chi connectivity index (χ1) is 8.77. The summed E-state index contributed by atoms with van der Waals surface area (Å²) in [5.41, 5.74) is 2.53. The van der Waals surface area contributed by atoms with E-state index in [2.05, 4.69) is 12.1 Å². The maximum Gasteiger partial charge on any atom is 0.494 e. The second kappa shape index (κ2) is 4.66. The Balaban J connectivity index is 2.26. The number of benzene rings is 1. The summed E-state index contributed by atoms with van der Waals surface area (Å²) in [7, 11) is -0.333. The van der Waals surface area contributed by atoms with Gasteiger partial charge in [0.15, 0.2) is 0 Å². The number of hydrogen-bond donors (Lipinski definition) is 0. The maximum atomic E-state index is 8.76. The first-order valence-electron chi connectivity index (χ1n) is 6.59. The lowest BCUT2D eigenvalue weighted by Crippen LogP contribution is -2.41. The van der Waals surface area contributed by atoms with Gasteiger partial charge in [0.2, 0.25) is 0 Å². The van der Waals surface area contributed by atoms with Gasteiger partial charge in [-0.05, 0) is 51.2 Å². The van der Waals surface area contributed by atoms with Gasteiger partial charge in [0.1, 0.15) is 0 Å². The van der Waals surface area contributed by atoms with Gasteiger partial charge in [0.25, 0.3) is 0 Å². The summed E-state index contributed by atoms with van der Waals surface area (Å²) < 4.78 is 12.0. The highest BCUT2D eigenvalue weighted by Crippen LogP contribution is 2.36. The molecule has 1 aromatic carbocycles. The summed E-state index contributed by atoms with van der Waals surface area (Å²) in [6.07, 6.45) is 0.440. The smallest absolute Gasteiger partial charge is 0.399 e. The molecule has 0 aliphatic carbocycles. The van der Waals surface area contributed by atoms with Crippen LogP contribution >= 0.6 is 0 Å². The van der Waals surface area contributed by atoms with E-state index in [4.69, 9.17) is 14.6 Å². The SMILES string of the molecule is Cc1cc(B2OC(C)(C)C(C)(C)O2)ccc1CC#N. The van der Waals surface area contributed by atoms with Crippen LogP contribution in [0.4, 0.5) is 0 Å². The Morgan fingerprint density at radius 2 is 1.74 bits per heavy atom. The quantitative estimate of drug-likeness (QED) is 0.764. The highest BCUT2D eigenvalue weighted by atomic mass is 16.7. The fourth-order valence-corrected chi connectivity index (χ4v) is 2.13. The Kier molecular flexibility index (Phi) is 3.46. The fourth-order valence-electron chi connectivity index (χ4n) is 2.13. The molecule has 0 radical (unpaired) electrons. The van der Waals surface area contributed by atoms with Crippen molar-refractivity contribution >= 4 is 12.6 Å². The molecule has 4 heteroatoms. The van der Waals surface area contributed by atoms with E-state index in [1.807, 2.05) is 46.8 Å². The Labute approximate surface area is 115 Å². The predicted octanol–water partition coefficient (Wildman–Crippen LogP) is 2.36. The van der Waals surface area contributed by atoms with Crippen molar-refractivity contribution in [2.45, 2.75) is 52.2 Å². The van der Waals surface area contributed by atoms with Crippen LogP contribution in [0.3, 0.4) is 0 Å². The molecule has 0 amide bonds. The van der Waals surface area contributed by atoms with Crippen LogP contribution in [0.5, 0.6) is 0 Å². The van der Waals surface area contributed by atoms with Gasteiger partial charge in [-0.2, -0.15) is 5.26 Å². The van der Waals surface area contributed by atoms with Gasteiger partial charge in [-0.1, -0.05) is 18.2 Å². The van der Waals surface area contributed by atoms with Crippen LogP contribution in [0, 0.1) is 18.3 Å². The number of aryl methyl sites for hydroxylation is 1. The second-order valence-electron chi connectivity index (χ2n) is 6.11. The average Bonchev–Trinajstić information content (AvgIpc) is 2.51. The van der Waals surface area contributed by atoms with Crippen molar-refractivity contribution in [1.82, 2.24) is 0 Å². The molecule has 1 saturated heterocycles. The zero-order chi connectivity index (χ0) is 14.3. The van der Waals surface area contributed by atoms with E-state index in [-0.39, 0.29) is 18.3 Å². The standard InChI is InChI=1S/C15H20BNO2/c1-11-10-13(7-6-12(11)8-9-17)16-18-14(2,3)15(4,5)19-16/h6-7,10H,8H2,1-5H3. The van der Waals surface area contributed by atoms with Crippen LogP contribution in [0.2, 0.25) is 0 Å². The number of nitrogens with zero attached hydrogens (tertiary/aromatic N) is 1. The molecule has 2 rings (SSSR count). The van der Waals surface area contributed by atoms with Crippen LogP contribution in [-0.2, 0) is 15.7 Å². The van der Waals surface area contributed by atoms with Gasteiger partial charge in [0, 0.05) is 0 Å². The van der Waals surface area contributed by atoms with Gasteiger partial charge in [-0.3, -0.25) is 0 Å². The van der Waals surface area contributed by atoms with Crippen molar-refractivity contribution in [3.63, 3.8) is 0 Å². The molecule has 1 heterocycles. The molecule has 0 N–H and O–H groups in total. The van der Waals surface area contributed by atoms with Gasteiger partial charge in [-0.25, -0.2) is 0 Å². The largest absolute Gasteiger partial charge is 0.494 e. The Hall–Kier alpha value is -1.31. The van der Waals surface area contributed by atoms with Gasteiger partial charge >= 0.3 is 7.12 Å². The topological polar surface area (TPSA) is 42.2 Å². The molecule has 100 valence electrons. The van der Waals surface area contributed by atoms with E-state index in [0.717, 1.165) is 16.6 Å². The molecular formula is C15H20BNO2. The van der Waals surface area contributed by atoms with E-state index in [1.165, 1.54) is 0 Å². The molecule has 1 fully saturated rings. The second-order valence-corrected chi connectivity index (χ2v) is 6.11. The minimum Gasteiger partial charge on any atom is -0.399 e. The summed E-state index contributed by atoms with van der Waals surface area (Å²) in [6.45, 7) is 10.2. The molecule has 1 aliphatic rings. The van der Waals surface area contributed by atoms with E-state index in [9.17, 15) is 0 Å². The van der Waals surface area contributed by atoms with E-state index in [0.29, 0.717) is 6.42 Å². The lowest BCUT2D eigenvalue weighted by atomic mass is 9.77. The van der Waals surface area contributed by atoms with E-state index >= 15 is 0 Å². The molecular weight excluding hydrogens is 237 g/mol. The van der Waals surface area contributed by atoms with E-state index < -0.39 is 0 Å². The molecule has 1 aromatic rings. The third kappa shape index (κ3) is 2.54. The van der Waals surface area contributed by atoms with Crippen LogP contribution in [0.25, 0.3) is 0 Å². The van der Waals surface area contributed by atoms with Gasteiger partial charge in [0.05, 0.1) is 23.7 Å². The first-order valence-corrected chi connectivity index (χ1v) is 6.59. The zero-order valence-electron chi connectivity index (χ0n) is 12.3. The molecule has 0 saturated carbocycles. The fraction of sp³-hybridized carbons (Fsp3) is 0.533. The monoisotopic (exact) mass is 257 g/mol. The van der Waals surface area contributed by atoms with Crippen LogP contribution in [0.1, 0.15) is 38.8 Å². The van der Waals surface area contributed by atoms with Crippen molar-refractivity contribution in [2.24, 2.45) is 0 Å². The minimum absolute atomic E-state index is 0.323. The van der Waals surface area contributed by atoms with Crippen molar-refractivity contribution in [3.05, 3.63) is 29.3 Å². The third-order valence-corrected chi connectivity index (χ3v) is 4.16. The molecule has 0 atom stereocenters. The molecule has 0 unspecified atom stereocenters. The summed E-state index contributed by atoms with van der Waals surface area (Å²) in [4.78, 5) is 0. The molecule has 0 spiro atoms. The normalized spacial score (nSPS) is 20.3. The minimum atomic E-state index is -0.333. The van der Waals surface area contributed by atoms with Crippen molar-refractivity contribution in [3.8, 4) is 6.07 Å². The van der Waals surface area contributed by atoms with Crippen LogP contribution in [-0.4, -0.2) is 18.3 Å². The highest BCUT2D eigenvalue weighted by Gasteiger charge is 2.51. The maximum absolute atomic E-state index is 8.76. The summed E-state index contributed by atoms with van der Waals surface area (Å²) in [5, 5.41) is 8.76. The molecule has 3 nitrogen and oxygen atoms in total. The molecule has 0 aromatic heterocycles. The van der Waals surface area contributed by atoms with E-state index in [1.54, 1.807) is 0 Å². The number of hydrogen-bond acceptors (Lipinski definition) is 3. The van der Waals surface area contributed by atoms with Gasteiger partial charge < -0.3 is 9.31 Å². The lowest BCUT2D eigenvalue weighted by molar-refractivity contribution is 0.00578.